The van der Waals surface area contributed by atoms with Crippen molar-refractivity contribution in [3.05, 3.63) is 76.1 Å². The summed E-state index contributed by atoms with van der Waals surface area (Å²) < 4.78 is 5.64. The maximum Gasteiger partial charge on any atom is 0.353 e. The van der Waals surface area contributed by atoms with Crippen molar-refractivity contribution in [2.45, 2.75) is 33.2 Å². The van der Waals surface area contributed by atoms with Crippen LogP contribution in [0, 0.1) is 17.0 Å². The molecule has 2 aromatic carbocycles. The second-order valence-corrected chi connectivity index (χ2v) is 6.87. The van der Waals surface area contributed by atoms with Gasteiger partial charge in [-0.3, -0.25) is 10.1 Å². The summed E-state index contributed by atoms with van der Waals surface area (Å²) in [4.78, 5) is 19.4. The highest BCUT2D eigenvalue weighted by atomic mass is 16.6. The van der Waals surface area contributed by atoms with Crippen molar-refractivity contribution < 1.29 is 9.66 Å². The Kier molecular flexibility index (Phi) is 7.15. The zero-order chi connectivity index (χ0) is 21.3. The van der Waals surface area contributed by atoms with E-state index in [0.29, 0.717) is 18.8 Å². The van der Waals surface area contributed by atoms with Gasteiger partial charge in [0.15, 0.2) is 0 Å². The maximum atomic E-state index is 11.7. The second kappa shape index (κ2) is 10.2. The van der Waals surface area contributed by atoms with Crippen molar-refractivity contribution in [2.24, 2.45) is 0 Å². The molecule has 3 aromatic rings. The van der Waals surface area contributed by atoms with Gasteiger partial charge in [-0.1, -0.05) is 43.2 Å². The number of rotatable bonds is 10. The Hall–Kier alpha value is -3.68. The molecule has 2 N–H and O–H groups in total. The summed E-state index contributed by atoms with van der Waals surface area (Å²) in [6, 6.07) is 15.2. The zero-order valence-electron chi connectivity index (χ0n) is 17.1. The first-order valence-corrected chi connectivity index (χ1v) is 9.85. The van der Waals surface area contributed by atoms with Gasteiger partial charge in [-0.25, -0.2) is 9.97 Å². The molecule has 0 bridgehead atoms. The normalized spacial score (nSPS) is 10.5. The second-order valence-electron chi connectivity index (χ2n) is 6.87. The number of hydrogen-bond acceptors (Lipinski definition) is 7. The monoisotopic (exact) mass is 407 g/mol. The van der Waals surface area contributed by atoms with Crippen LogP contribution in [0.2, 0.25) is 0 Å². The lowest BCUT2D eigenvalue weighted by Gasteiger charge is -2.11. The van der Waals surface area contributed by atoms with Crippen LogP contribution in [0.3, 0.4) is 0 Å². The fraction of sp³-hybridized carbons (Fsp3) is 0.273. The van der Waals surface area contributed by atoms with Crippen LogP contribution < -0.4 is 15.4 Å². The molecule has 8 nitrogen and oxygen atoms in total. The molecule has 0 amide bonds. The van der Waals surface area contributed by atoms with Crippen LogP contribution in [0.25, 0.3) is 0 Å². The summed E-state index contributed by atoms with van der Waals surface area (Å²) in [5.41, 5.74) is 2.62. The molecule has 1 heterocycles. The van der Waals surface area contributed by atoms with Crippen molar-refractivity contribution >= 4 is 23.0 Å². The summed E-state index contributed by atoms with van der Waals surface area (Å²) in [5, 5.41) is 17.8. The molecule has 3 rings (SSSR count). The van der Waals surface area contributed by atoms with Crippen LogP contribution in [0.4, 0.5) is 23.0 Å². The smallest absolute Gasteiger partial charge is 0.353 e. The van der Waals surface area contributed by atoms with Crippen molar-refractivity contribution in [2.75, 3.05) is 17.2 Å². The van der Waals surface area contributed by atoms with E-state index in [2.05, 4.69) is 27.5 Å². The van der Waals surface area contributed by atoms with Gasteiger partial charge in [-0.2, -0.15) is 0 Å². The number of aryl methyl sites for hydroxylation is 1. The molecule has 0 aliphatic carbocycles. The van der Waals surface area contributed by atoms with Crippen LogP contribution in [-0.2, 0) is 6.54 Å². The number of nitrogens with one attached hydrogen (secondary N) is 2. The maximum absolute atomic E-state index is 11.7. The molecule has 0 saturated carbocycles. The first-order chi connectivity index (χ1) is 14.6. The summed E-state index contributed by atoms with van der Waals surface area (Å²) >= 11 is 0. The predicted octanol–water partition coefficient (Wildman–Crippen LogP) is 5.23. The zero-order valence-corrected chi connectivity index (χ0v) is 17.1. The molecule has 0 unspecified atom stereocenters. The first kappa shape index (κ1) is 21.0. The lowest BCUT2D eigenvalue weighted by Crippen LogP contribution is -2.08. The van der Waals surface area contributed by atoms with Crippen molar-refractivity contribution in [3.63, 3.8) is 0 Å². The number of ether oxygens (including phenoxy) is 1. The van der Waals surface area contributed by atoms with E-state index in [1.54, 1.807) is 12.1 Å². The van der Waals surface area contributed by atoms with E-state index < -0.39 is 4.92 Å². The van der Waals surface area contributed by atoms with Gasteiger partial charge >= 0.3 is 5.69 Å². The number of nitro groups is 1. The van der Waals surface area contributed by atoms with Gasteiger partial charge in [0.1, 0.15) is 12.1 Å². The van der Waals surface area contributed by atoms with E-state index in [9.17, 15) is 10.1 Å². The van der Waals surface area contributed by atoms with Gasteiger partial charge in [0.25, 0.3) is 0 Å². The molecule has 8 heteroatoms. The third-order valence-corrected chi connectivity index (χ3v) is 4.47. The largest absolute Gasteiger partial charge is 0.494 e. The Morgan fingerprint density at radius 2 is 1.73 bits per heavy atom. The topological polar surface area (TPSA) is 102 Å². The Morgan fingerprint density at radius 1 is 1.03 bits per heavy atom. The third-order valence-electron chi connectivity index (χ3n) is 4.47. The quantitative estimate of drug-likeness (QED) is 0.269. The molecule has 30 heavy (non-hydrogen) atoms. The van der Waals surface area contributed by atoms with E-state index in [-0.39, 0.29) is 17.3 Å². The minimum Gasteiger partial charge on any atom is -0.494 e. The average Bonchev–Trinajstić information content (AvgIpc) is 2.74. The minimum atomic E-state index is -0.484. The van der Waals surface area contributed by atoms with Gasteiger partial charge in [0, 0.05) is 12.2 Å². The highest BCUT2D eigenvalue weighted by Crippen LogP contribution is 2.31. The van der Waals surface area contributed by atoms with Gasteiger partial charge in [0.2, 0.25) is 11.6 Å². The van der Waals surface area contributed by atoms with Crippen molar-refractivity contribution in [1.29, 1.82) is 0 Å². The van der Waals surface area contributed by atoms with Crippen LogP contribution in [0.5, 0.6) is 5.75 Å². The number of unbranched alkanes of at least 4 members (excludes halogenated alkanes) is 1. The van der Waals surface area contributed by atoms with Crippen molar-refractivity contribution in [3.8, 4) is 5.75 Å². The van der Waals surface area contributed by atoms with E-state index in [1.807, 2.05) is 43.3 Å². The summed E-state index contributed by atoms with van der Waals surface area (Å²) in [6.07, 6.45) is 3.36. The first-order valence-electron chi connectivity index (χ1n) is 9.85. The van der Waals surface area contributed by atoms with E-state index in [0.717, 1.165) is 29.7 Å². The summed E-state index contributed by atoms with van der Waals surface area (Å²) in [5.74, 6) is 1.05. The highest BCUT2D eigenvalue weighted by Gasteiger charge is 2.23. The summed E-state index contributed by atoms with van der Waals surface area (Å²) in [6.45, 7) is 5.20. The third kappa shape index (κ3) is 5.66. The van der Waals surface area contributed by atoms with Gasteiger partial charge in [-0.05, 0) is 43.2 Å². The SMILES string of the molecule is CCCCOc1ccc(Nc2ncnc(NCc3ccc(C)cc3)c2[N+](=O)[O-])cc1. The standard InChI is InChI=1S/C22H25N5O3/c1-3-4-13-30-19-11-9-18(10-12-19)26-22-20(27(28)29)21(24-15-25-22)23-14-17-7-5-16(2)6-8-17/h5-12,15H,3-4,13-14H2,1-2H3,(H2,23,24,25,26). The van der Waals surface area contributed by atoms with Gasteiger partial charge < -0.3 is 15.4 Å². The molecular weight excluding hydrogens is 382 g/mol. The number of nitrogens with zero attached hydrogens (tertiary/aromatic N) is 3. The molecule has 1 aromatic heterocycles. The molecule has 0 aliphatic heterocycles. The average molecular weight is 407 g/mol. The molecule has 156 valence electrons. The van der Waals surface area contributed by atoms with Crippen LogP contribution in [-0.4, -0.2) is 21.5 Å². The highest BCUT2D eigenvalue weighted by molar-refractivity contribution is 5.73. The fourth-order valence-electron chi connectivity index (χ4n) is 2.77. The van der Waals surface area contributed by atoms with E-state index in [1.165, 1.54) is 6.33 Å². The van der Waals surface area contributed by atoms with Gasteiger partial charge in [-0.15, -0.1) is 0 Å². The molecule has 0 aliphatic rings. The molecule has 0 fully saturated rings. The van der Waals surface area contributed by atoms with Crippen LogP contribution in [0.1, 0.15) is 30.9 Å². The lowest BCUT2D eigenvalue weighted by molar-refractivity contribution is -0.383. The predicted molar refractivity (Wildman–Crippen MR) is 117 cm³/mol. The van der Waals surface area contributed by atoms with E-state index >= 15 is 0 Å². The lowest BCUT2D eigenvalue weighted by atomic mass is 10.1. The van der Waals surface area contributed by atoms with Gasteiger partial charge in [0.05, 0.1) is 11.5 Å². The molecule has 0 saturated heterocycles. The molecule has 0 atom stereocenters. The fourth-order valence-corrected chi connectivity index (χ4v) is 2.77. The Labute approximate surface area is 175 Å². The van der Waals surface area contributed by atoms with Crippen LogP contribution >= 0.6 is 0 Å². The Balaban J connectivity index is 1.73. The molecule has 0 radical (unpaired) electrons. The number of aromatic nitrogens is 2. The number of benzene rings is 2. The van der Waals surface area contributed by atoms with E-state index in [4.69, 9.17) is 4.74 Å². The molecule has 0 spiro atoms. The molecular formula is C22H25N5O3. The summed E-state index contributed by atoms with van der Waals surface area (Å²) in [7, 11) is 0. The number of hydrogen-bond donors (Lipinski definition) is 2. The number of anilines is 3. The minimum absolute atomic E-state index is 0.126. The Morgan fingerprint density at radius 3 is 2.40 bits per heavy atom. The van der Waals surface area contributed by atoms with Crippen LogP contribution in [0.15, 0.2) is 54.9 Å². The Bertz CT molecular complexity index is 975. The van der Waals surface area contributed by atoms with Crippen molar-refractivity contribution in [1.82, 2.24) is 9.97 Å².